The fourth-order valence-corrected chi connectivity index (χ4v) is 3.91. The summed E-state index contributed by atoms with van der Waals surface area (Å²) < 4.78 is 13.8. The number of halogens is 1. The van der Waals surface area contributed by atoms with E-state index in [0.717, 1.165) is 0 Å². The Hall–Kier alpha value is -4.33. The number of ketones is 1. The zero-order chi connectivity index (χ0) is 22.4. The second kappa shape index (κ2) is 7.42. The maximum atomic E-state index is 13.8. The Labute approximate surface area is 181 Å². The molecule has 2 aromatic heterocycles. The van der Waals surface area contributed by atoms with Crippen molar-refractivity contribution in [3.63, 3.8) is 0 Å². The number of carbonyl (C=O) groups excluding carboxylic acids is 2. The van der Waals surface area contributed by atoms with Crippen LogP contribution in [0.5, 0.6) is 0 Å². The average molecular weight is 428 g/mol. The van der Waals surface area contributed by atoms with Crippen LogP contribution in [-0.4, -0.2) is 31.7 Å². The number of hydrogen-bond acceptors (Lipinski definition) is 5. The van der Waals surface area contributed by atoms with E-state index in [4.69, 9.17) is 0 Å². The lowest BCUT2D eigenvalue weighted by molar-refractivity contribution is -0.132. The van der Waals surface area contributed by atoms with Crippen molar-refractivity contribution in [3.8, 4) is 0 Å². The fraction of sp³-hybridized carbons (Fsp3) is 0.0833. The molecule has 0 bridgehead atoms. The number of imidazole rings is 1. The number of benzene rings is 2. The molecule has 4 aromatic rings. The maximum Gasteiger partial charge on any atom is 0.302 e. The summed E-state index contributed by atoms with van der Waals surface area (Å²) in [5.41, 5.74) is 2.27. The van der Waals surface area contributed by atoms with Gasteiger partial charge in [-0.2, -0.15) is 0 Å². The highest BCUT2D eigenvalue weighted by Crippen LogP contribution is 2.41. The van der Waals surface area contributed by atoms with Crippen LogP contribution in [0.1, 0.15) is 22.7 Å². The van der Waals surface area contributed by atoms with Crippen molar-refractivity contribution in [2.75, 3.05) is 4.90 Å². The molecule has 1 atom stereocenters. The Morgan fingerprint density at radius 2 is 1.94 bits per heavy atom. The van der Waals surface area contributed by atoms with Crippen LogP contribution in [0.4, 0.5) is 10.3 Å². The summed E-state index contributed by atoms with van der Waals surface area (Å²) in [6.45, 7) is 1.55. The molecule has 0 aliphatic carbocycles. The van der Waals surface area contributed by atoms with Gasteiger partial charge in [0.2, 0.25) is 5.95 Å². The molecule has 1 aliphatic rings. The Morgan fingerprint density at radius 3 is 2.66 bits per heavy atom. The van der Waals surface area contributed by atoms with Crippen LogP contribution in [0, 0.1) is 12.7 Å². The van der Waals surface area contributed by atoms with Crippen LogP contribution >= 0.6 is 0 Å². The van der Waals surface area contributed by atoms with E-state index in [0.29, 0.717) is 22.2 Å². The summed E-state index contributed by atoms with van der Waals surface area (Å²) in [6, 6.07) is 13.7. The van der Waals surface area contributed by atoms with Crippen molar-refractivity contribution in [2.45, 2.75) is 13.0 Å². The number of anilines is 1. The third-order valence-electron chi connectivity index (χ3n) is 5.48. The van der Waals surface area contributed by atoms with Gasteiger partial charge in [0.25, 0.3) is 5.78 Å². The number of nitrogens with one attached hydrogen (secondary N) is 1. The molecule has 0 spiro atoms. The lowest BCUT2D eigenvalue weighted by Crippen LogP contribution is -2.30. The number of aromatic nitrogens is 3. The number of aliphatic hydroxyl groups excluding tert-OH is 1. The van der Waals surface area contributed by atoms with Crippen LogP contribution in [0.15, 0.2) is 72.6 Å². The van der Waals surface area contributed by atoms with Gasteiger partial charge in [-0.15, -0.1) is 0 Å². The highest BCUT2D eigenvalue weighted by Gasteiger charge is 2.48. The molecule has 2 N–H and O–H groups in total. The number of hydrogen-bond donors (Lipinski definition) is 2. The van der Waals surface area contributed by atoms with Crippen LogP contribution in [0.2, 0.25) is 0 Å². The summed E-state index contributed by atoms with van der Waals surface area (Å²) in [5, 5.41) is 11.1. The molecule has 158 valence electrons. The number of para-hydroxylation sites is 2. The standard InChI is InChI=1S/C24H17FN4O3/c1-13-11-14(8-9-16(13)25)21(30)19-20(15-5-4-10-26-12-15)29(23(32)22(19)31)24-27-17-6-2-3-7-18(17)28-24/h2-12,20,30H,1H3,(H,27,28)/b21-19+. The molecule has 32 heavy (non-hydrogen) atoms. The number of nitrogens with zero attached hydrogens (tertiary/aromatic N) is 3. The van der Waals surface area contributed by atoms with E-state index < -0.39 is 23.5 Å². The van der Waals surface area contributed by atoms with E-state index in [2.05, 4.69) is 15.0 Å². The number of aryl methyl sites for hydroxylation is 1. The second-order valence-electron chi connectivity index (χ2n) is 7.50. The van der Waals surface area contributed by atoms with Crippen molar-refractivity contribution in [2.24, 2.45) is 0 Å². The van der Waals surface area contributed by atoms with Gasteiger partial charge < -0.3 is 10.1 Å². The average Bonchev–Trinajstić information content (AvgIpc) is 3.34. The predicted octanol–water partition coefficient (Wildman–Crippen LogP) is 4.03. The number of amides is 1. The van der Waals surface area contributed by atoms with Crippen LogP contribution in [0.25, 0.3) is 16.8 Å². The van der Waals surface area contributed by atoms with E-state index in [1.165, 1.54) is 29.3 Å². The first kappa shape index (κ1) is 19.6. The number of carbonyl (C=O) groups is 2. The fourth-order valence-electron chi connectivity index (χ4n) is 3.91. The topological polar surface area (TPSA) is 99.2 Å². The van der Waals surface area contributed by atoms with E-state index in [1.54, 1.807) is 31.3 Å². The molecular formula is C24H17FN4O3. The van der Waals surface area contributed by atoms with E-state index >= 15 is 0 Å². The molecule has 7 nitrogen and oxygen atoms in total. The first-order chi connectivity index (χ1) is 15.5. The molecule has 0 radical (unpaired) electrons. The predicted molar refractivity (Wildman–Crippen MR) is 116 cm³/mol. The molecule has 1 amide bonds. The van der Waals surface area contributed by atoms with Gasteiger partial charge in [0.05, 0.1) is 22.6 Å². The van der Waals surface area contributed by atoms with Gasteiger partial charge >= 0.3 is 5.91 Å². The number of H-pyrrole nitrogens is 1. The largest absolute Gasteiger partial charge is 0.507 e. The summed E-state index contributed by atoms with van der Waals surface area (Å²) in [7, 11) is 0. The molecule has 8 heteroatoms. The lowest BCUT2D eigenvalue weighted by Gasteiger charge is -2.22. The zero-order valence-electron chi connectivity index (χ0n) is 16.9. The summed E-state index contributed by atoms with van der Waals surface area (Å²) in [5.74, 6) is -2.35. The second-order valence-corrected chi connectivity index (χ2v) is 7.50. The van der Waals surface area contributed by atoms with Crippen molar-refractivity contribution < 1.29 is 19.1 Å². The molecule has 0 saturated carbocycles. The van der Waals surface area contributed by atoms with E-state index in [-0.39, 0.29) is 22.8 Å². The minimum Gasteiger partial charge on any atom is -0.507 e. The van der Waals surface area contributed by atoms with Gasteiger partial charge in [-0.1, -0.05) is 18.2 Å². The summed E-state index contributed by atoms with van der Waals surface area (Å²) in [4.78, 5) is 39.1. The smallest absolute Gasteiger partial charge is 0.302 e. The van der Waals surface area contributed by atoms with Gasteiger partial charge in [0, 0.05) is 18.0 Å². The van der Waals surface area contributed by atoms with Crippen LogP contribution < -0.4 is 4.90 Å². The number of aromatic amines is 1. The lowest BCUT2D eigenvalue weighted by atomic mass is 9.96. The molecule has 1 unspecified atom stereocenters. The molecular weight excluding hydrogens is 411 g/mol. The number of rotatable bonds is 3. The third-order valence-corrected chi connectivity index (χ3v) is 5.48. The Kier molecular flexibility index (Phi) is 4.55. The molecule has 3 heterocycles. The minimum absolute atomic E-state index is 0.116. The summed E-state index contributed by atoms with van der Waals surface area (Å²) in [6.07, 6.45) is 3.09. The molecule has 1 fully saturated rings. The number of aliphatic hydroxyl groups is 1. The Morgan fingerprint density at radius 1 is 1.12 bits per heavy atom. The molecule has 5 rings (SSSR count). The quantitative estimate of drug-likeness (QED) is 0.292. The number of Topliss-reactive ketones (excluding diaryl/α,β-unsaturated/α-hetero) is 1. The van der Waals surface area contributed by atoms with Crippen molar-refractivity contribution in [1.82, 2.24) is 15.0 Å². The minimum atomic E-state index is -0.963. The number of pyridine rings is 1. The van der Waals surface area contributed by atoms with Crippen molar-refractivity contribution in [3.05, 3.63) is 95.1 Å². The highest BCUT2D eigenvalue weighted by atomic mass is 19.1. The van der Waals surface area contributed by atoms with Crippen LogP contribution in [0.3, 0.4) is 0 Å². The first-order valence-electron chi connectivity index (χ1n) is 9.88. The van der Waals surface area contributed by atoms with Crippen molar-refractivity contribution in [1.29, 1.82) is 0 Å². The molecule has 1 aliphatic heterocycles. The SMILES string of the molecule is Cc1cc(/C(O)=C2\C(=O)C(=O)N(c3nc4ccccc4[nH]3)C2c2cccnc2)ccc1F. The van der Waals surface area contributed by atoms with Gasteiger partial charge in [-0.3, -0.25) is 19.5 Å². The van der Waals surface area contributed by atoms with E-state index in [1.807, 2.05) is 18.2 Å². The van der Waals surface area contributed by atoms with Gasteiger partial charge in [-0.25, -0.2) is 9.37 Å². The Balaban J connectivity index is 1.73. The highest BCUT2D eigenvalue weighted by molar-refractivity contribution is 6.51. The molecule has 1 saturated heterocycles. The summed E-state index contributed by atoms with van der Waals surface area (Å²) >= 11 is 0. The normalized spacial score (nSPS) is 17.9. The Bertz CT molecular complexity index is 1380. The van der Waals surface area contributed by atoms with Crippen molar-refractivity contribution >= 4 is 34.4 Å². The molecule has 2 aromatic carbocycles. The van der Waals surface area contributed by atoms with Gasteiger partial charge in [0.15, 0.2) is 0 Å². The third kappa shape index (κ3) is 3.04. The van der Waals surface area contributed by atoms with E-state index in [9.17, 15) is 19.1 Å². The van der Waals surface area contributed by atoms with Gasteiger partial charge in [-0.05, 0) is 54.4 Å². The van der Waals surface area contributed by atoms with Crippen LogP contribution in [-0.2, 0) is 9.59 Å². The first-order valence-corrected chi connectivity index (χ1v) is 9.88. The zero-order valence-corrected chi connectivity index (χ0v) is 16.9. The van der Waals surface area contributed by atoms with Gasteiger partial charge in [0.1, 0.15) is 11.6 Å². The number of fused-ring (bicyclic) bond motifs is 1. The maximum absolute atomic E-state index is 13.8. The monoisotopic (exact) mass is 428 g/mol.